The molecule has 0 fully saturated rings. The highest BCUT2D eigenvalue weighted by Crippen LogP contribution is 2.25. The van der Waals surface area contributed by atoms with E-state index in [0.717, 1.165) is 6.42 Å². The fraction of sp³-hybridized carbons (Fsp3) is 0.400. The van der Waals surface area contributed by atoms with Crippen LogP contribution in [0.15, 0.2) is 18.2 Å². The summed E-state index contributed by atoms with van der Waals surface area (Å²) in [5.74, 6) is -0.721. The highest BCUT2D eigenvalue weighted by Gasteiger charge is 2.08. The second-order valence-electron chi connectivity index (χ2n) is 4.87. The van der Waals surface area contributed by atoms with Crippen LogP contribution >= 0.6 is 0 Å². The monoisotopic (exact) mass is 245 g/mol. The molecule has 0 spiro atoms. The number of carbonyl (C=O) groups is 1. The summed E-state index contributed by atoms with van der Waals surface area (Å²) in [4.78, 5) is 10.5. The summed E-state index contributed by atoms with van der Waals surface area (Å²) in [6.45, 7) is 4.27. The molecule has 18 heavy (non-hydrogen) atoms. The number of aryl methyl sites for hydroxylation is 3. The molecule has 1 heterocycles. The van der Waals surface area contributed by atoms with Gasteiger partial charge in [0, 0.05) is 30.1 Å². The summed E-state index contributed by atoms with van der Waals surface area (Å²) < 4.78 is 2.20. The van der Waals surface area contributed by atoms with Crippen molar-refractivity contribution in [3.8, 4) is 0 Å². The number of carboxylic acid groups (broad SMARTS) is 1. The molecule has 1 aromatic carbocycles. The molecule has 0 saturated heterocycles. The summed E-state index contributed by atoms with van der Waals surface area (Å²) >= 11 is 0. The minimum Gasteiger partial charge on any atom is -0.481 e. The molecular formula is C15H19NO2. The number of nitrogens with zero attached hydrogens (tertiary/aromatic N) is 1. The Morgan fingerprint density at radius 2 is 2.06 bits per heavy atom. The largest absolute Gasteiger partial charge is 0.481 e. The molecule has 0 unspecified atom stereocenters. The van der Waals surface area contributed by atoms with Gasteiger partial charge in [-0.2, -0.15) is 0 Å². The molecule has 3 nitrogen and oxygen atoms in total. The zero-order valence-electron chi connectivity index (χ0n) is 11.2. The van der Waals surface area contributed by atoms with Crippen LogP contribution in [0.5, 0.6) is 0 Å². The molecule has 1 aromatic heterocycles. The van der Waals surface area contributed by atoms with E-state index in [2.05, 4.69) is 43.7 Å². The number of benzene rings is 1. The number of aliphatic carboxylic acids is 1. The average Bonchev–Trinajstić information content (AvgIpc) is 2.54. The van der Waals surface area contributed by atoms with Gasteiger partial charge in [-0.15, -0.1) is 0 Å². The van der Waals surface area contributed by atoms with Crippen LogP contribution in [0.25, 0.3) is 10.9 Å². The number of fused-ring (bicyclic) bond motifs is 1. The first-order valence-electron chi connectivity index (χ1n) is 6.27. The Labute approximate surface area is 107 Å². The highest BCUT2D eigenvalue weighted by molar-refractivity contribution is 5.85. The molecular weight excluding hydrogens is 226 g/mol. The van der Waals surface area contributed by atoms with Crippen LogP contribution in [-0.4, -0.2) is 15.6 Å². The quantitative estimate of drug-likeness (QED) is 0.898. The lowest BCUT2D eigenvalue weighted by molar-refractivity contribution is -0.137. The molecule has 0 atom stereocenters. The van der Waals surface area contributed by atoms with Gasteiger partial charge in [-0.1, -0.05) is 12.1 Å². The minimum atomic E-state index is -0.721. The van der Waals surface area contributed by atoms with Gasteiger partial charge in [-0.05, 0) is 43.9 Å². The summed E-state index contributed by atoms with van der Waals surface area (Å²) in [6, 6.07) is 6.43. The molecule has 2 aromatic rings. The molecule has 0 amide bonds. The van der Waals surface area contributed by atoms with Gasteiger partial charge >= 0.3 is 5.97 Å². The van der Waals surface area contributed by atoms with E-state index < -0.39 is 5.97 Å². The van der Waals surface area contributed by atoms with E-state index >= 15 is 0 Å². The number of rotatable bonds is 4. The average molecular weight is 245 g/mol. The van der Waals surface area contributed by atoms with Crippen LogP contribution in [-0.2, 0) is 18.3 Å². The van der Waals surface area contributed by atoms with E-state index in [-0.39, 0.29) is 6.42 Å². The second-order valence-corrected chi connectivity index (χ2v) is 4.87. The Hall–Kier alpha value is -1.77. The third-order valence-electron chi connectivity index (χ3n) is 3.73. The Morgan fingerprint density at radius 3 is 2.72 bits per heavy atom. The van der Waals surface area contributed by atoms with Crippen LogP contribution < -0.4 is 0 Å². The van der Waals surface area contributed by atoms with Gasteiger partial charge in [0.1, 0.15) is 0 Å². The van der Waals surface area contributed by atoms with Crippen molar-refractivity contribution in [2.75, 3.05) is 0 Å². The second kappa shape index (κ2) is 4.84. The zero-order chi connectivity index (χ0) is 13.3. The maximum atomic E-state index is 10.5. The van der Waals surface area contributed by atoms with Crippen molar-refractivity contribution in [1.82, 2.24) is 4.57 Å². The summed E-state index contributed by atoms with van der Waals surface area (Å²) in [5, 5.41) is 9.93. The zero-order valence-corrected chi connectivity index (χ0v) is 11.2. The molecule has 0 aliphatic rings. The maximum absolute atomic E-state index is 10.5. The van der Waals surface area contributed by atoms with E-state index in [4.69, 9.17) is 5.11 Å². The molecule has 0 bridgehead atoms. The Balaban J connectivity index is 2.27. The van der Waals surface area contributed by atoms with Crippen molar-refractivity contribution in [2.24, 2.45) is 7.05 Å². The van der Waals surface area contributed by atoms with E-state index in [0.29, 0.717) is 6.42 Å². The van der Waals surface area contributed by atoms with Crippen molar-refractivity contribution >= 4 is 16.9 Å². The van der Waals surface area contributed by atoms with Gasteiger partial charge in [0.2, 0.25) is 0 Å². The van der Waals surface area contributed by atoms with Crippen molar-refractivity contribution in [3.63, 3.8) is 0 Å². The summed E-state index contributed by atoms with van der Waals surface area (Å²) in [5.41, 5.74) is 5.06. The smallest absolute Gasteiger partial charge is 0.303 e. The lowest BCUT2D eigenvalue weighted by atomic mass is 10.1. The first-order valence-corrected chi connectivity index (χ1v) is 6.27. The Kier molecular flexibility index (Phi) is 3.41. The van der Waals surface area contributed by atoms with E-state index in [1.165, 1.54) is 27.7 Å². The molecule has 2 rings (SSSR count). The number of hydrogen-bond acceptors (Lipinski definition) is 1. The molecule has 0 aliphatic carbocycles. The molecule has 0 saturated carbocycles. The molecule has 96 valence electrons. The first-order chi connectivity index (χ1) is 8.50. The molecule has 1 N–H and O–H groups in total. The van der Waals surface area contributed by atoms with Crippen molar-refractivity contribution in [2.45, 2.75) is 33.1 Å². The van der Waals surface area contributed by atoms with Crippen molar-refractivity contribution in [1.29, 1.82) is 0 Å². The topological polar surface area (TPSA) is 42.2 Å². The van der Waals surface area contributed by atoms with Crippen molar-refractivity contribution in [3.05, 3.63) is 35.0 Å². The number of carboxylic acids is 1. The fourth-order valence-corrected chi connectivity index (χ4v) is 2.40. The number of aromatic nitrogens is 1. The highest BCUT2D eigenvalue weighted by atomic mass is 16.4. The third-order valence-corrected chi connectivity index (χ3v) is 3.73. The van der Waals surface area contributed by atoms with Crippen molar-refractivity contribution < 1.29 is 9.90 Å². The standard InChI is InChI=1S/C15H19NO2/c1-10-11(2)16(3)14-9-12(7-8-13(10)14)5-4-6-15(17)18/h7-9H,4-6H2,1-3H3,(H,17,18). The third kappa shape index (κ3) is 2.26. The Morgan fingerprint density at radius 1 is 1.33 bits per heavy atom. The summed E-state index contributed by atoms with van der Waals surface area (Å²) in [7, 11) is 2.08. The van der Waals surface area contributed by atoms with Crippen LogP contribution in [0.1, 0.15) is 29.7 Å². The van der Waals surface area contributed by atoms with Crippen LogP contribution in [0.4, 0.5) is 0 Å². The predicted octanol–water partition coefficient (Wildman–Crippen LogP) is 3.20. The molecule has 0 aliphatic heterocycles. The lowest BCUT2D eigenvalue weighted by Gasteiger charge is -2.03. The van der Waals surface area contributed by atoms with Gasteiger partial charge in [0.05, 0.1) is 0 Å². The van der Waals surface area contributed by atoms with Gasteiger partial charge in [0.15, 0.2) is 0 Å². The SMILES string of the molecule is Cc1c(C)n(C)c2cc(CCCC(=O)O)ccc12. The molecule has 3 heteroatoms. The predicted molar refractivity (Wildman–Crippen MR) is 73.0 cm³/mol. The van der Waals surface area contributed by atoms with Crippen LogP contribution in [0, 0.1) is 13.8 Å². The van der Waals surface area contributed by atoms with Gasteiger partial charge in [0.25, 0.3) is 0 Å². The van der Waals surface area contributed by atoms with E-state index in [1.54, 1.807) is 0 Å². The number of hydrogen-bond donors (Lipinski definition) is 1. The lowest BCUT2D eigenvalue weighted by Crippen LogP contribution is -1.96. The molecule has 0 radical (unpaired) electrons. The summed E-state index contributed by atoms with van der Waals surface area (Å²) in [6.07, 6.45) is 1.76. The van der Waals surface area contributed by atoms with Gasteiger partial charge in [-0.25, -0.2) is 0 Å². The maximum Gasteiger partial charge on any atom is 0.303 e. The fourth-order valence-electron chi connectivity index (χ4n) is 2.40. The van der Waals surface area contributed by atoms with Crippen LogP contribution in [0.3, 0.4) is 0 Å². The van der Waals surface area contributed by atoms with E-state index in [1.807, 2.05) is 0 Å². The minimum absolute atomic E-state index is 0.239. The van der Waals surface area contributed by atoms with Crippen LogP contribution in [0.2, 0.25) is 0 Å². The first kappa shape index (κ1) is 12.7. The van der Waals surface area contributed by atoms with Gasteiger partial charge < -0.3 is 9.67 Å². The van der Waals surface area contributed by atoms with E-state index in [9.17, 15) is 4.79 Å². The normalized spacial score (nSPS) is 11.1. The Bertz CT molecular complexity index is 596. The van der Waals surface area contributed by atoms with Gasteiger partial charge in [-0.3, -0.25) is 4.79 Å².